The first-order chi connectivity index (χ1) is 9.40. The van der Waals surface area contributed by atoms with Gasteiger partial charge in [0.25, 0.3) is 0 Å². The second-order valence-corrected chi connectivity index (χ2v) is 8.64. The van der Waals surface area contributed by atoms with Crippen LogP contribution in [-0.2, 0) is 0 Å². The van der Waals surface area contributed by atoms with Gasteiger partial charge in [0.2, 0.25) is 0 Å². The molecule has 3 unspecified atom stereocenters. The van der Waals surface area contributed by atoms with E-state index >= 15 is 0 Å². The monoisotopic (exact) mass is 293 g/mol. The lowest BCUT2D eigenvalue weighted by Gasteiger charge is -2.38. The summed E-state index contributed by atoms with van der Waals surface area (Å²) in [5, 5.41) is 6.01. The van der Waals surface area contributed by atoms with E-state index in [9.17, 15) is 0 Å². The molecule has 3 atom stereocenters. The largest absolute Gasteiger partial charge is 0.312 e. The van der Waals surface area contributed by atoms with Gasteiger partial charge in [-0.1, -0.05) is 19.8 Å². The molecule has 2 heteroatoms. The number of nitrogens with one attached hydrogen (secondary N) is 1. The van der Waals surface area contributed by atoms with Crippen LogP contribution >= 0.6 is 11.3 Å². The molecule has 0 aliphatic heterocycles. The summed E-state index contributed by atoms with van der Waals surface area (Å²) in [5.41, 5.74) is 1.87. The van der Waals surface area contributed by atoms with Crippen LogP contribution in [0.25, 0.3) is 0 Å². The maximum atomic E-state index is 3.74. The van der Waals surface area contributed by atoms with Crippen LogP contribution in [0.3, 0.4) is 0 Å². The number of rotatable bonds is 4. The van der Waals surface area contributed by atoms with Crippen molar-refractivity contribution >= 4 is 11.3 Å². The normalized spacial score (nSPS) is 27.8. The Morgan fingerprint density at radius 2 is 2.05 bits per heavy atom. The molecule has 1 nitrogen and oxygen atoms in total. The van der Waals surface area contributed by atoms with Crippen LogP contribution in [-0.4, -0.2) is 12.1 Å². The van der Waals surface area contributed by atoms with Gasteiger partial charge in [0.1, 0.15) is 0 Å². The quantitative estimate of drug-likeness (QED) is 0.788. The summed E-state index contributed by atoms with van der Waals surface area (Å²) in [7, 11) is 0. The maximum Gasteiger partial charge on any atom is 0.00966 e. The van der Waals surface area contributed by atoms with E-state index in [1.807, 2.05) is 11.3 Å². The molecule has 1 aromatic heterocycles. The molecule has 0 saturated heterocycles. The van der Waals surface area contributed by atoms with E-state index in [0.717, 1.165) is 17.8 Å². The Bertz CT molecular complexity index is 415. The Kier molecular flexibility index (Phi) is 5.30. The zero-order valence-electron chi connectivity index (χ0n) is 13.8. The van der Waals surface area contributed by atoms with E-state index in [1.165, 1.54) is 37.1 Å². The van der Waals surface area contributed by atoms with E-state index in [2.05, 4.69) is 51.4 Å². The van der Waals surface area contributed by atoms with Crippen molar-refractivity contribution in [2.75, 3.05) is 6.54 Å². The van der Waals surface area contributed by atoms with Crippen molar-refractivity contribution in [3.05, 3.63) is 21.9 Å². The summed E-state index contributed by atoms with van der Waals surface area (Å²) in [6.45, 7) is 12.6. The fourth-order valence-electron chi connectivity index (χ4n) is 3.53. The summed E-state index contributed by atoms with van der Waals surface area (Å²) in [5.74, 6) is 2.52. The molecule has 1 aromatic rings. The Morgan fingerprint density at radius 3 is 2.60 bits per heavy atom. The number of thiophene rings is 1. The first-order valence-electron chi connectivity index (χ1n) is 8.19. The third-order valence-electron chi connectivity index (χ3n) is 4.87. The van der Waals surface area contributed by atoms with E-state index in [1.54, 1.807) is 5.56 Å². The van der Waals surface area contributed by atoms with Crippen LogP contribution in [0.5, 0.6) is 0 Å². The molecule has 1 N–H and O–H groups in total. The molecule has 1 heterocycles. The molecule has 1 aliphatic carbocycles. The SMILES string of the molecule is CCC1CCC(CNC(C)(C)C)C(c2ccsc2C)C1. The van der Waals surface area contributed by atoms with Crippen molar-refractivity contribution in [1.82, 2.24) is 5.32 Å². The molecule has 1 aliphatic rings. The van der Waals surface area contributed by atoms with Crippen LogP contribution in [0.1, 0.15) is 69.7 Å². The van der Waals surface area contributed by atoms with Crippen LogP contribution < -0.4 is 5.32 Å². The molecule has 114 valence electrons. The first kappa shape index (κ1) is 16.0. The van der Waals surface area contributed by atoms with Crippen molar-refractivity contribution in [2.24, 2.45) is 11.8 Å². The highest BCUT2D eigenvalue weighted by atomic mass is 32.1. The molecule has 2 rings (SSSR count). The zero-order chi connectivity index (χ0) is 14.8. The van der Waals surface area contributed by atoms with Crippen LogP contribution in [0, 0.1) is 18.8 Å². The lowest BCUT2D eigenvalue weighted by molar-refractivity contribution is 0.213. The minimum Gasteiger partial charge on any atom is -0.312 e. The average molecular weight is 294 g/mol. The second-order valence-electron chi connectivity index (χ2n) is 7.52. The molecule has 1 saturated carbocycles. The number of hydrogen-bond donors (Lipinski definition) is 1. The minimum absolute atomic E-state index is 0.232. The highest BCUT2D eigenvalue weighted by molar-refractivity contribution is 7.10. The topological polar surface area (TPSA) is 12.0 Å². The van der Waals surface area contributed by atoms with Gasteiger partial charge >= 0.3 is 0 Å². The van der Waals surface area contributed by atoms with E-state index in [-0.39, 0.29) is 5.54 Å². The van der Waals surface area contributed by atoms with Crippen LogP contribution in [0.4, 0.5) is 0 Å². The summed E-state index contributed by atoms with van der Waals surface area (Å²) >= 11 is 1.91. The third kappa shape index (κ3) is 4.08. The van der Waals surface area contributed by atoms with Gasteiger partial charge < -0.3 is 5.32 Å². The van der Waals surface area contributed by atoms with Gasteiger partial charge in [-0.15, -0.1) is 11.3 Å². The molecular formula is C18H31NS. The molecule has 0 amide bonds. The Morgan fingerprint density at radius 1 is 1.30 bits per heavy atom. The average Bonchev–Trinajstić information content (AvgIpc) is 2.81. The highest BCUT2D eigenvalue weighted by Gasteiger charge is 2.32. The maximum absolute atomic E-state index is 3.74. The van der Waals surface area contributed by atoms with Gasteiger partial charge in [0.05, 0.1) is 0 Å². The summed E-state index contributed by atoms with van der Waals surface area (Å²) in [4.78, 5) is 1.53. The molecule has 0 aromatic carbocycles. The van der Waals surface area contributed by atoms with Crippen molar-refractivity contribution in [1.29, 1.82) is 0 Å². The third-order valence-corrected chi connectivity index (χ3v) is 5.73. The molecule has 0 bridgehead atoms. The van der Waals surface area contributed by atoms with Crippen LogP contribution in [0.2, 0.25) is 0 Å². The first-order valence-corrected chi connectivity index (χ1v) is 9.07. The summed E-state index contributed by atoms with van der Waals surface area (Å²) in [6, 6.07) is 2.38. The van der Waals surface area contributed by atoms with Crippen molar-refractivity contribution in [3.8, 4) is 0 Å². The zero-order valence-corrected chi connectivity index (χ0v) is 14.6. The summed E-state index contributed by atoms with van der Waals surface area (Å²) < 4.78 is 0. The van der Waals surface area contributed by atoms with Gasteiger partial charge in [-0.3, -0.25) is 0 Å². The summed E-state index contributed by atoms with van der Waals surface area (Å²) in [6.07, 6.45) is 5.55. The Labute approximate surface area is 129 Å². The van der Waals surface area contributed by atoms with Gasteiger partial charge in [-0.05, 0) is 81.8 Å². The molecule has 1 fully saturated rings. The lowest BCUT2D eigenvalue weighted by atomic mass is 9.70. The van der Waals surface area contributed by atoms with Gasteiger partial charge in [-0.2, -0.15) is 0 Å². The smallest absolute Gasteiger partial charge is 0.00966 e. The fraction of sp³-hybridized carbons (Fsp3) is 0.778. The van der Waals surface area contributed by atoms with Crippen molar-refractivity contribution < 1.29 is 0 Å². The second kappa shape index (κ2) is 6.62. The van der Waals surface area contributed by atoms with Crippen molar-refractivity contribution in [3.63, 3.8) is 0 Å². The highest BCUT2D eigenvalue weighted by Crippen LogP contribution is 2.43. The Hall–Kier alpha value is -0.340. The molecule has 0 spiro atoms. The number of hydrogen-bond acceptors (Lipinski definition) is 2. The minimum atomic E-state index is 0.232. The molecule has 20 heavy (non-hydrogen) atoms. The Balaban J connectivity index is 2.10. The number of aryl methyl sites for hydroxylation is 1. The van der Waals surface area contributed by atoms with Crippen LogP contribution in [0.15, 0.2) is 11.4 Å². The van der Waals surface area contributed by atoms with Gasteiger partial charge in [-0.25, -0.2) is 0 Å². The predicted molar refractivity (Wildman–Crippen MR) is 90.7 cm³/mol. The fourth-order valence-corrected chi connectivity index (χ4v) is 4.31. The van der Waals surface area contributed by atoms with Gasteiger partial charge in [0.15, 0.2) is 0 Å². The van der Waals surface area contributed by atoms with E-state index < -0.39 is 0 Å². The van der Waals surface area contributed by atoms with E-state index in [4.69, 9.17) is 0 Å². The molecule has 0 radical (unpaired) electrons. The molecular weight excluding hydrogens is 262 g/mol. The lowest BCUT2D eigenvalue weighted by Crippen LogP contribution is -2.41. The standard InChI is InChI=1S/C18H31NS/c1-6-14-7-8-15(12-19-18(3,4)5)17(11-14)16-9-10-20-13(16)2/h9-10,14-15,17,19H,6-8,11-12H2,1-5H3. The van der Waals surface area contributed by atoms with Gasteiger partial charge in [0, 0.05) is 10.4 Å². The van der Waals surface area contributed by atoms with E-state index in [0.29, 0.717) is 0 Å². The predicted octanol–water partition coefficient (Wildman–Crippen LogP) is 5.35. The van der Waals surface area contributed by atoms with Crippen molar-refractivity contribution in [2.45, 2.75) is 71.8 Å².